The number of hydrogen-bond donors (Lipinski definition) is 2. The van der Waals surface area contributed by atoms with Crippen LogP contribution in [0, 0.1) is 6.92 Å². The third-order valence-electron chi connectivity index (χ3n) is 3.68. The van der Waals surface area contributed by atoms with Gasteiger partial charge in [0.2, 0.25) is 5.91 Å². The molecule has 2 aromatic rings. The number of nitrogens with one attached hydrogen (secondary N) is 2. The molecule has 3 rings (SSSR count). The lowest BCUT2D eigenvalue weighted by molar-refractivity contribution is -0.119. The molecule has 0 unspecified atom stereocenters. The molecule has 2 aromatic carbocycles. The number of anilines is 2. The first kappa shape index (κ1) is 15.1. The second kappa shape index (κ2) is 6.52. The number of hydrogen-bond acceptors (Lipinski definition) is 3. The summed E-state index contributed by atoms with van der Waals surface area (Å²) in [6.45, 7) is 2.03. The largest absolute Gasteiger partial charge is 0.481 e. The van der Waals surface area contributed by atoms with E-state index in [9.17, 15) is 9.59 Å². The second-order valence-electron chi connectivity index (χ2n) is 5.55. The monoisotopic (exact) mass is 310 g/mol. The fourth-order valence-electron chi connectivity index (χ4n) is 2.43. The summed E-state index contributed by atoms with van der Waals surface area (Å²) in [5.74, 6) is 0.249. The Morgan fingerprint density at radius 3 is 2.78 bits per heavy atom. The minimum Gasteiger partial charge on any atom is -0.481 e. The number of benzene rings is 2. The molecule has 1 heterocycles. The molecule has 2 N–H and O–H groups in total. The summed E-state index contributed by atoms with van der Waals surface area (Å²) in [6, 6.07) is 13.4. The average molecular weight is 310 g/mol. The highest BCUT2D eigenvalue weighted by molar-refractivity contribution is 6.03. The third-order valence-corrected chi connectivity index (χ3v) is 3.68. The van der Waals surface area contributed by atoms with E-state index in [2.05, 4.69) is 10.6 Å². The first-order chi connectivity index (χ1) is 11.1. The van der Waals surface area contributed by atoms with Crippen LogP contribution in [0.3, 0.4) is 0 Å². The SMILES string of the molecule is Cc1ccc(CCC(=O)Nc2cccc3c2NC(=O)CO3)cc1. The van der Waals surface area contributed by atoms with Gasteiger partial charge in [0.15, 0.2) is 6.61 Å². The zero-order valence-corrected chi connectivity index (χ0v) is 12.9. The van der Waals surface area contributed by atoms with E-state index in [0.29, 0.717) is 30.0 Å². The van der Waals surface area contributed by atoms with Crippen molar-refractivity contribution < 1.29 is 14.3 Å². The Morgan fingerprint density at radius 2 is 2.00 bits per heavy atom. The van der Waals surface area contributed by atoms with Crippen LogP contribution in [-0.2, 0) is 16.0 Å². The molecule has 0 aromatic heterocycles. The molecule has 0 saturated heterocycles. The zero-order valence-electron chi connectivity index (χ0n) is 12.9. The van der Waals surface area contributed by atoms with Crippen LogP contribution in [0.1, 0.15) is 17.5 Å². The number of carbonyl (C=O) groups excluding carboxylic acids is 2. The molecule has 0 aliphatic carbocycles. The van der Waals surface area contributed by atoms with Crippen molar-refractivity contribution in [3.8, 4) is 5.75 Å². The van der Waals surface area contributed by atoms with E-state index in [1.807, 2.05) is 31.2 Å². The van der Waals surface area contributed by atoms with E-state index in [4.69, 9.17) is 4.74 Å². The maximum atomic E-state index is 12.2. The van der Waals surface area contributed by atoms with Crippen molar-refractivity contribution in [2.45, 2.75) is 19.8 Å². The van der Waals surface area contributed by atoms with Crippen LogP contribution in [0.25, 0.3) is 0 Å². The number of aryl methyl sites for hydroxylation is 2. The van der Waals surface area contributed by atoms with Crippen molar-refractivity contribution in [1.82, 2.24) is 0 Å². The Labute approximate surface area is 134 Å². The highest BCUT2D eigenvalue weighted by atomic mass is 16.5. The van der Waals surface area contributed by atoms with Crippen LogP contribution in [0.5, 0.6) is 5.75 Å². The van der Waals surface area contributed by atoms with Crippen LogP contribution in [0.2, 0.25) is 0 Å². The van der Waals surface area contributed by atoms with Gasteiger partial charge in [-0.15, -0.1) is 0 Å². The molecule has 0 fully saturated rings. The van der Waals surface area contributed by atoms with Crippen LogP contribution >= 0.6 is 0 Å². The summed E-state index contributed by atoms with van der Waals surface area (Å²) < 4.78 is 5.34. The molecular formula is C18H18N2O3. The minimum absolute atomic E-state index is 0.00216. The highest BCUT2D eigenvalue weighted by Gasteiger charge is 2.19. The first-order valence-electron chi connectivity index (χ1n) is 7.53. The third kappa shape index (κ3) is 3.69. The Bertz CT molecular complexity index is 738. The van der Waals surface area contributed by atoms with Gasteiger partial charge in [0.25, 0.3) is 5.91 Å². The highest BCUT2D eigenvalue weighted by Crippen LogP contribution is 2.34. The lowest BCUT2D eigenvalue weighted by atomic mass is 10.1. The van der Waals surface area contributed by atoms with Gasteiger partial charge in [0.1, 0.15) is 11.4 Å². The van der Waals surface area contributed by atoms with Crippen molar-refractivity contribution in [2.24, 2.45) is 0 Å². The zero-order chi connectivity index (χ0) is 16.2. The van der Waals surface area contributed by atoms with Gasteiger partial charge in [-0.1, -0.05) is 35.9 Å². The van der Waals surface area contributed by atoms with Crippen LogP contribution in [0.15, 0.2) is 42.5 Å². The number of para-hydroxylation sites is 1. The summed E-state index contributed by atoms with van der Waals surface area (Å²) in [4.78, 5) is 23.6. The van der Waals surface area contributed by atoms with Gasteiger partial charge in [-0.25, -0.2) is 0 Å². The second-order valence-corrected chi connectivity index (χ2v) is 5.55. The number of fused-ring (bicyclic) bond motifs is 1. The summed E-state index contributed by atoms with van der Waals surface area (Å²) >= 11 is 0. The average Bonchev–Trinajstić information content (AvgIpc) is 2.55. The number of rotatable bonds is 4. The normalized spacial score (nSPS) is 12.8. The van der Waals surface area contributed by atoms with E-state index in [0.717, 1.165) is 5.56 Å². The summed E-state index contributed by atoms with van der Waals surface area (Å²) in [7, 11) is 0. The molecule has 0 bridgehead atoms. The predicted octanol–water partition coefficient (Wildman–Crippen LogP) is 2.90. The molecule has 0 radical (unpaired) electrons. The van der Waals surface area contributed by atoms with E-state index in [-0.39, 0.29) is 18.4 Å². The fraction of sp³-hybridized carbons (Fsp3) is 0.222. The topological polar surface area (TPSA) is 67.4 Å². The van der Waals surface area contributed by atoms with Gasteiger partial charge in [-0.3, -0.25) is 9.59 Å². The van der Waals surface area contributed by atoms with Gasteiger partial charge in [-0.05, 0) is 31.0 Å². The smallest absolute Gasteiger partial charge is 0.262 e. The Balaban J connectivity index is 1.64. The molecule has 1 aliphatic rings. The van der Waals surface area contributed by atoms with Crippen molar-refractivity contribution in [2.75, 3.05) is 17.2 Å². The van der Waals surface area contributed by atoms with Gasteiger partial charge in [0.05, 0.1) is 5.69 Å². The standard InChI is InChI=1S/C18H18N2O3/c1-12-5-7-13(8-6-12)9-10-16(21)19-14-3-2-4-15-18(14)20-17(22)11-23-15/h2-8H,9-11H2,1H3,(H,19,21)(H,20,22). The molecule has 118 valence electrons. The van der Waals surface area contributed by atoms with Crippen molar-refractivity contribution in [1.29, 1.82) is 0 Å². The molecule has 0 saturated carbocycles. The molecule has 2 amide bonds. The molecule has 1 aliphatic heterocycles. The van der Waals surface area contributed by atoms with Crippen molar-refractivity contribution in [3.63, 3.8) is 0 Å². The quantitative estimate of drug-likeness (QED) is 0.912. The summed E-state index contributed by atoms with van der Waals surface area (Å²) in [5, 5.41) is 5.57. The fourth-order valence-corrected chi connectivity index (χ4v) is 2.43. The maximum Gasteiger partial charge on any atom is 0.262 e. The number of carbonyl (C=O) groups is 2. The van der Waals surface area contributed by atoms with Gasteiger partial charge in [0, 0.05) is 6.42 Å². The summed E-state index contributed by atoms with van der Waals surface area (Å²) in [6.07, 6.45) is 1.05. The number of amides is 2. The maximum absolute atomic E-state index is 12.2. The molecule has 23 heavy (non-hydrogen) atoms. The van der Waals surface area contributed by atoms with Gasteiger partial charge in [-0.2, -0.15) is 0 Å². The van der Waals surface area contributed by atoms with Crippen molar-refractivity contribution >= 4 is 23.2 Å². The van der Waals surface area contributed by atoms with Crippen LogP contribution < -0.4 is 15.4 Å². The molecule has 0 atom stereocenters. The predicted molar refractivity (Wildman–Crippen MR) is 88.7 cm³/mol. The van der Waals surface area contributed by atoms with E-state index >= 15 is 0 Å². The first-order valence-corrected chi connectivity index (χ1v) is 7.53. The Morgan fingerprint density at radius 1 is 1.22 bits per heavy atom. The number of ether oxygens (including phenoxy) is 1. The molecule has 5 heteroatoms. The van der Waals surface area contributed by atoms with Crippen molar-refractivity contribution in [3.05, 3.63) is 53.6 Å². The van der Waals surface area contributed by atoms with E-state index in [1.165, 1.54) is 5.56 Å². The van der Waals surface area contributed by atoms with E-state index < -0.39 is 0 Å². The lowest BCUT2D eigenvalue weighted by Crippen LogP contribution is -2.26. The lowest BCUT2D eigenvalue weighted by Gasteiger charge is -2.20. The van der Waals surface area contributed by atoms with Gasteiger partial charge >= 0.3 is 0 Å². The Kier molecular flexibility index (Phi) is 4.28. The van der Waals surface area contributed by atoms with E-state index in [1.54, 1.807) is 18.2 Å². The van der Waals surface area contributed by atoms with Crippen LogP contribution in [-0.4, -0.2) is 18.4 Å². The summed E-state index contributed by atoms with van der Waals surface area (Å²) in [5.41, 5.74) is 3.40. The molecule has 0 spiro atoms. The molecular weight excluding hydrogens is 292 g/mol. The van der Waals surface area contributed by atoms with Crippen LogP contribution in [0.4, 0.5) is 11.4 Å². The van der Waals surface area contributed by atoms with Gasteiger partial charge < -0.3 is 15.4 Å². The molecule has 5 nitrogen and oxygen atoms in total. The Hall–Kier alpha value is -2.82. The minimum atomic E-state index is -0.223.